The maximum atomic E-state index is 11.1. The summed E-state index contributed by atoms with van der Waals surface area (Å²) in [5.74, 6) is -0.809. The predicted molar refractivity (Wildman–Crippen MR) is 69.1 cm³/mol. The smallest absolute Gasteiger partial charge is 0.346 e. The molecule has 1 aliphatic carbocycles. The van der Waals surface area contributed by atoms with Crippen molar-refractivity contribution >= 4 is 17.3 Å². The maximum absolute atomic E-state index is 11.1. The number of thiophene rings is 1. The molecule has 5 heteroatoms. The van der Waals surface area contributed by atoms with E-state index in [2.05, 4.69) is 4.90 Å². The minimum Gasteiger partial charge on any atom is -0.477 e. The monoisotopic (exact) mass is 267 g/mol. The number of nitrogens with zero attached hydrogens (tertiary/aromatic N) is 1. The first kappa shape index (κ1) is 12.1. The third kappa shape index (κ3) is 2.18. The third-order valence-electron chi connectivity index (χ3n) is 3.91. The molecule has 2 heterocycles. The fourth-order valence-corrected chi connectivity index (χ4v) is 3.82. The Morgan fingerprint density at radius 3 is 3.28 bits per heavy atom. The molecule has 0 spiro atoms. The van der Waals surface area contributed by atoms with Crippen LogP contribution in [0.15, 0.2) is 11.4 Å². The van der Waals surface area contributed by atoms with Crippen LogP contribution in [0.25, 0.3) is 0 Å². The molecule has 1 aromatic heterocycles. The Morgan fingerprint density at radius 2 is 2.44 bits per heavy atom. The zero-order valence-corrected chi connectivity index (χ0v) is 11.0. The first-order chi connectivity index (χ1) is 8.75. The molecule has 18 heavy (non-hydrogen) atoms. The van der Waals surface area contributed by atoms with Crippen LogP contribution in [0.3, 0.4) is 0 Å². The van der Waals surface area contributed by atoms with Gasteiger partial charge in [0, 0.05) is 19.1 Å². The van der Waals surface area contributed by atoms with Crippen LogP contribution in [0, 0.1) is 0 Å². The molecular weight excluding hydrogens is 250 g/mol. The Hall–Kier alpha value is -0.910. The molecule has 0 radical (unpaired) electrons. The largest absolute Gasteiger partial charge is 0.477 e. The zero-order valence-electron chi connectivity index (χ0n) is 10.2. The molecule has 1 saturated heterocycles. The molecule has 1 N–H and O–H groups in total. The summed E-state index contributed by atoms with van der Waals surface area (Å²) in [4.78, 5) is 14.0. The highest BCUT2D eigenvalue weighted by Crippen LogP contribution is 2.31. The second-order valence-corrected chi connectivity index (χ2v) is 5.87. The average molecular weight is 267 g/mol. The van der Waals surface area contributed by atoms with Gasteiger partial charge in [-0.25, -0.2) is 4.79 Å². The van der Waals surface area contributed by atoms with E-state index in [-0.39, 0.29) is 0 Å². The molecule has 98 valence electrons. The first-order valence-electron chi connectivity index (χ1n) is 6.41. The second-order valence-electron chi connectivity index (χ2n) is 4.96. The topological polar surface area (TPSA) is 49.8 Å². The molecular formula is C13H17NO3S. The minimum atomic E-state index is -0.809. The minimum absolute atomic E-state index is 0.366. The van der Waals surface area contributed by atoms with Crippen LogP contribution in [-0.4, -0.2) is 41.3 Å². The number of hydrogen-bond acceptors (Lipinski definition) is 4. The summed E-state index contributed by atoms with van der Waals surface area (Å²) in [6.45, 7) is 2.43. The number of fused-ring (bicyclic) bond motifs is 1. The van der Waals surface area contributed by atoms with Gasteiger partial charge in [-0.15, -0.1) is 11.3 Å². The van der Waals surface area contributed by atoms with E-state index in [1.165, 1.54) is 24.2 Å². The number of ether oxygens (including phenoxy) is 1. The van der Waals surface area contributed by atoms with E-state index in [9.17, 15) is 4.79 Å². The van der Waals surface area contributed by atoms with Crippen LogP contribution in [0.5, 0.6) is 0 Å². The van der Waals surface area contributed by atoms with Gasteiger partial charge >= 0.3 is 5.97 Å². The second kappa shape index (κ2) is 4.99. The number of carboxylic acids is 1. The van der Waals surface area contributed by atoms with Gasteiger partial charge in [-0.2, -0.15) is 0 Å². The SMILES string of the molecule is O=C(O)c1sccc1CN1CCOC2CCCC21. The molecule has 0 aromatic carbocycles. The summed E-state index contributed by atoms with van der Waals surface area (Å²) in [6.07, 6.45) is 3.92. The van der Waals surface area contributed by atoms with Crippen molar-refractivity contribution in [2.75, 3.05) is 13.2 Å². The van der Waals surface area contributed by atoms with E-state index in [1.807, 2.05) is 11.4 Å². The highest BCUT2D eigenvalue weighted by atomic mass is 32.1. The lowest BCUT2D eigenvalue weighted by Gasteiger charge is -2.37. The molecule has 0 bridgehead atoms. The standard InChI is InChI=1S/C13H17NO3S/c15-13(16)12-9(4-7-18-12)8-14-5-6-17-11-3-1-2-10(11)14/h4,7,10-11H,1-3,5-6,8H2,(H,15,16). The highest BCUT2D eigenvalue weighted by molar-refractivity contribution is 7.12. The van der Waals surface area contributed by atoms with Gasteiger partial charge in [-0.3, -0.25) is 4.90 Å². The summed E-state index contributed by atoms with van der Waals surface area (Å²) < 4.78 is 5.77. The Balaban J connectivity index is 1.75. The van der Waals surface area contributed by atoms with E-state index in [4.69, 9.17) is 9.84 Å². The Bertz CT molecular complexity index is 445. The van der Waals surface area contributed by atoms with Crippen LogP contribution >= 0.6 is 11.3 Å². The molecule has 1 saturated carbocycles. The molecule has 1 aromatic rings. The van der Waals surface area contributed by atoms with Crippen molar-refractivity contribution in [3.05, 3.63) is 21.9 Å². The van der Waals surface area contributed by atoms with Gasteiger partial charge in [0.15, 0.2) is 0 Å². The van der Waals surface area contributed by atoms with Crippen molar-refractivity contribution in [3.8, 4) is 0 Å². The summed E-state index contributed by atoms with van der Waals surface area (Å²) in [5.41, 5.74) is 0.944. The molecule has 2 unspecified atom stereocenters. The van der Waals surface area contributed by atoms with Crippen LogP contribution in [0.4, 0.5) is 0 Å². The van der Waals surface area contributed by atoms with Crippen LogP contribution in [-0.2, 0) is 11.3 Å². The Morgan fingerprint density at radius 1 is 1.56 bits per heavy atom. The number of carbonyl (C=O) groups is 1. The molecule has 2 atom stereocenters. The van der Waals surface area contributed by atoms with Gasteiger partial charge in [0.2, 0.25) is 0 Å². The van der Waals surface area contributed by atoms with Gasteiger partial charge in [0.25, 0.3) is 0 Å². The van der Waals surface area contributed by atoms with Gasteiger partial charge in [-0.1, -0.05) is 0 Å². The number of hydrogen-bond donors (Lipinski definition) is 1. The average Bonchev–Trinajstić information content (AvgIpc) is 2.96. The third-order valence-corrected chi connectivity index (χ3v) is 4.86. The molecule has 4 nitrogen and oxygen atoms in total. The van der Waals surface area contributed by atoms with Gasteiger partial charge in [0.1, 0.15) is 4.88 Å². The quantitative estimate of drug-likeness (QED) is 0.912. The number of morpholine rings is 1. The first-order valence-corrected chi connectivity index (χ1v) is 7.29. The van der Waals surface area contributed by atoms with Gasteiger partial charge in [0.05, 0.1) is 12.7 Å². The van der Waals surface area contributed by atoms with Gasteiger partial charge in [-0.05, 0) is 36.3 Å². The molecule has 1 aliphatic heterocycles. The van der Waals surface area contributed by atoms with Crippen LogP contribution in [0.1, 0.15) is 34.5 Å². The van der Waals surface area contributed by atoms with Crippen molar-refractivity contribution in [3.63, 3.8) is 0 Å². The van der Waals surface area contributed by atoms with Crippen molar-refractivity contribution in [2.45, 2.75) is 38.0 Å². The molecule has 2 fully saturated rings. The van der Waals surface area contributed by atoms with Crippen LogP contribution in [0.2, 0.25) is 0 Å². The highest BCUT2D eigenvalue weighted by Gasteiger charge is 2.36. The van der Waals surface area contributed by atoms with E-state index in [0.717, 1.165) is 31.7 Å². The molecule has 0 amide bonds. The van der Waals surface area contributed by atoms with E-state index in [1.54, 1.807) is 0 Å². The van der Waals surface area contributed by atoms with E-state index < -0.39 is 5.97 Å². The number of carboxylic acid groups (broad SMARTS) is 1. The molecule has 3 rings (SSSR count). The number of rotatable bonds is 3. The normalized spacial score (nSPS) is 28.2. The van der Waals surface area contributed by atoms with E-state index in [0.29, 0.717) is 17.0 Å². The maximum Gasteiger partial charge on any atom is 0.346 e. The summed E-state index contributed by atoms with van der Waals surface area (Å²) >= 11 is 1.31. The number of aromatic carboxylic acids is 1. The summed E-state index contributed by atoms with van der Waals surface area (Å²) in [5, 5.41) is 11.0. The van der Waals surface area contributed by atoms with Crippen LogP contribution < -0.4 is 0 Å². The fraction of sp³-hybridized carbons (Fsp3) is 0.615. The van der Waals surface area contributed by atoms with Crippen molar-refractivity contribution < 1.29 is 14.6 Å². The lowest BCUT2D eigenvalue weighted by molar-refractivity contribution is -0.0588. The fourth-order valence-electron chi connectivity index (χ4n) is 3.07. The lowest BCUT2D eigenvalue weighted by Crippen LogP contribution is -2.47. The van der Waals surface area contributed by atoms with Crippen molar-refractivity contribution in [1.29, 1.82) is 0 Å². The van der Waals surface area contributed by atoms with Gasteiger partial charge < -0.3 is 9.84 Å². The van der Waals surface area contributed by atoms with E-state index >= 15 is 0 Å². The lowest BCUT2D eigenvalue weighted by atomic mass is 10.1. The van der Waals surface area contributed by atoms with Crippen molar-refractivity contribution in [1.82, 2.24) is 4.90 Å². The Labute approximate surface area is 110 Å². The Kier molecular flexibility index (Phi) is 3.37. The zero-order chi connectivity index (χ0) is 12.5. The summed E-state index contributed by atoms with van der Waals surface area (Å²) in [7, 11) is 0. The van der Waals surface area contributed by atoms with Crippen molar-refractivity contribution in [2.24, 2.45) is 0 Å². The summed E-state index contributed by atoms with van der Waals surface area (Å²) in [6, 6.07) is 2.42. The molecule has 2 aliphatic rings. The predicted octanol–water partition coefficient (Wildman–Crippen LogP) is 2.20.